The van der Waals surface area contributed by atoms with Gasteiger partial charge in [0.1, 0.15) is 5.82 Å². The van der Waals surface area contributed by atoms with Gasteiger partial charge in [0.05, 0.1) is 5.56 Å². The Morgan fingerprint density at radius 3 is 2.35 bits per heavy atom. The Kier molecular flexibility index (Phi) is 3.41. The van der Waals surface area contributed by atoms with Crippen LogP contribution in [0.2, 0.25) is 0 Å². The minimum Gasteiger partial charge on any atom is -0.348 e. The number of amides is 1. The standard InChI is InChI=1S/C16H23FN2O/c1-9-6-7-11(17)10(8-9)12(20)19-14-15(2,3)13(18)16(14,4)5/h6-8,13-14H,18H2,1-5H3,(H,19,20). The first-order valence-electron chi connectivity index (χ1n) is 6.91. The van der Waals surface area contributed by atoms with E-state index in [2.05, 4.69) is 5.32 Å². The van der Waals surface area contributed by atoms with Crippen LogP contribution in [0, 0.1) is 23.6 Å². The van der Waals surface area contributed by atoms with E-state index >= 15 is 0 Å². The van der Waals surface area contributed by atoms with Gasteiger partial charge in [-0.15, -0.1) is 0 Å². The van der Waals surface area contributed by atoms with E-state index in [4.69, 9.17) is 5.73 Å². The monoisotopic (exact) mass is 278 g/mol. The maximum atomic E-state index is 13.8. The van der Waals surface area contributed by atoms with Crippen LogP contribution in [-0.4, -0.2) is 18.0 Å². The summed E-state index contributed by atoms with van der Waals surface area (Å²) in [7, 11) is 0. The third-order valence-corrected chi connectivity index (χ3v) is 4.73. The molecule has 1 aliphatic carbocycles. The van der Waals surface area contributed by atoms with Gasteiger partial charge in [-0.25, -0.2) is 4.39 Å². The lowest BCUT2D eigenvalue weighted by Gasteiger charge is -2.62. The van der Waals surface area contributed by atoms with Crippen molar-refractivity contribution in [2.45, 2.75) is 46.7 Å². The molecule has 1 saturated carbocycles. The van der Waals surface area contributed by atoms with Crippen molar-refractivity contribution in [1.82, 2.24) is 5.32 Å². The van der Waals surface area contributed by atoms with Crippen molar-refractivity contribution in [3.8, 4) is 0 Å². The zero-order valence-corrected chi connectivity index (χ0v) is 12.8. The van der Waals surface area contributed by atoms with E-state index in [-0.39, 0.29) is 34.4 Å². The first-order valence-corrected chi connectivity index (χ1v) is 6.91. The number of nitrogens with one attached hydrogen (secondary N) is 1. The van der Waals surface area contributed by atoms with Gasteiger partial charge in [-0.2, -0.15) is 0 Å². The fourth-order valence-corrected chi connectivity index (χ4v) is 3.57. The summed E-state index contributed by atoms with van der Waals surface area (Å²) in [5.41, 5.74) is 6.73. The molecule has 2 rings (SSSR count). The molecular formula is C16H23FN2O. The zero-order valence-electron chi connectivity index (χ0n) is 12.8. The van der Waals surface area contributed by atoms with Crippen molar-refractivity contribution < 1.29 is 9.18 Å². The summed E-state index contributed by atoms with van der Waals surface area (Å²) < 4.78 is 13.8. The zero-order chi connectivity index (χ0) is 15.3. The van der Waals surface area contributed by atoms with Gasteiger partial charge in [-0.3, -0.25) is 4.79 Å². The Balaban J connectivity index is 2.22. The normalized spacial score (nSPS) is 26.8. The highest BCUT2D eigenvalue weighted by molar-refractivity contribution is 5.95. The van der Waals surface area contributed by atoms with E-state index in [1.165, 1.54) is 6.07 Å². The molecule has 1 fully saturated rings. The van der Waals surface area contributed by atoms with Crippen LogP contribution in [0.3, 0.4) is 0 Å². The maximum Gasteiger partial charge on any atom is 0.254 e. The molecule has 0 atom stereocenters. The van der Waals surface area contributed by atoms with Crippen LogP contribution in [0.4, 0.5) is 4.39 Å². The van der Waals surface area contributed by atoms with Crippen LogP contribution in [0.1, 0.15) is 43.6 Å². The molecule has 0 aliphatic heterocycles. The maximum absolute atomic E-state index is 13.8. The van der Waals surface area contributed by atoms with Crippen molar-refractivity contribution in [3.63, 3.8) is 0 Å². The molecule has 1 aromatic rings. The van der Waals surface area contributed by atoms with Crippen LogP contribution in [-0.2, 0) is 0 Å². The van der Waals surface area contributed by atoms with Crippen molar-refractivity contribution in [2.24, 2.45) is 16.6 Å². The SMILES string of the molecule is Cc1ccc(F)c(C(=O)NC2C(C)(C)C(N)C2(C)C)c1. The summed E-state index contributed by atoms with van der Waals surface area (Å²) in [4.78, 5) is 12.3. The third-order valence-electron chi connectivity index (χ3n) is 4.73. The van der Waals surface area contributed by atoms with Crippen molar-refractivity contribution >= 4 is 5.91 Å². The van der Waals surface area contributed by atoms with Crippen LogP contribution >= 0.6 is 0 Å². The highest BCUT2D eigenvalue weighted by atomic mass is 19.1. The van der Waals surface area contributed by atoms with Crippen LogP contribution < -0.4 is 11.1 Å². The molecule has 110 valence electrons. The fraction of sp³-hybridized carbons (Fsp3) is 0.562. The summed E-state index contributed by atoms with van der Waals surface area (Å²) in [6.45, 7) is 9.95. The van der Waals surface area contributed by atoms with Crippen molar-refractivity contribution in [1.29, 1.82) is 0 Å². The highest BCUT2D eigenvalue weighted by Crippen LogP contribution is 2.52. The minimum atomic E-state index is -0.493. The molecule has 0 saturated heterocycles. The third kappa shape index (κ3) is 2.12. The van der Waals surface area contributed by atoms with Crippen molar-refractivity contribution in [2.75, 3.05) is 0 Å². The van der Waals surface area contributed by atoms with E-state index in [0.29, 0.717) is 0 Å². The number of halogens is 1. The fourth-order valence-electron chi connectivity index (χ4n) is 3.57. The van der Waals surface area contributed by atoms with Gasteiger partial charge in [0.2, 0.25) is 0 Å². The van der Waals surface area contributed by atoms with Gasteiger partial charge in [0, 0.05) is 22.9 Å². The predicted octanol–water partition coefficient (Wildman–Crippen LogP) is 2.63. The summed E-state index contributed by atoms with van der Waals surface area (Å²) in [5.74, 6) is -0.864. The number of hydrogen-bond donors (Lipinski definition) is 2. The number of benzene rings is 1. The summed E-state index contributed by atoms with van der Waals surface area (Å²) in [6.07, 6.45) is 0. The molecule has 0 unspecified atom stereocenters. The molecule has 0 radical (unpaired) electrons. The molecule has 0 bridgehead atoms. The van der Waals surface area contributed by atoms with Gasteiger partial charge in [0.15, 0.2) is 0 Å². The number of hydrogen-bond acceptors (Lipinski definition) is 2. The van der Waals surface area contributed by atoms with E-state index in [0.717, 1.165) is 5.56 Å². The molecule has 1 aromatic carbocycles. The lowest BCUT2D eigenvalue weighted by molar-refractivity contribution is -0.0664. The topological polar surface area (TPSA) is 55.1 Å². The average Bonchev–Trinajstić information content (AvgIpc) is 2.37. The molecule has 0 spiro atoms. The minimum absolute atomic E-state index is 0.00246. The lowest BCUT2D eigenvalue weighted by Crippen LogP contribution is -2.76. The Bertz CT molecular complexity index is 535. The van der Waals surface area contributed by atoms with Gasteiger partial charge >= 0.3 is 0 Å². The Morgan fingerprint density at radius 1 is 1.25 bits per heavy atom. The number of aryl methyl sites for hydroxylation is 1. The Labute approximate surface area is 119 Å². The number of rotatable bonds is 2. The molecule has 0 aromatic heterocycles. The second-order valence-electron chi connectivity index (χ2n) is 7.01. The van der Waals surface area contributed by atoms with Gasteiger partial charge < -0.3 is 11.1 Å². The Morgan fingerprint density at radius 2 is 1.80 bits per heavy atom. The first-order chi connectivity index (χ1) is 9.08. The van der Waals surface area contributed by atoms with E-state index < -0.39 is 5.82 Å². The summed E-state index contributed by atoms with van der Waals surface area (Å²) >= 11 is 0. The quantitative estimate of drug-likeness (QED) is 0.873. The summed E-state index contributed by atoms with van der Waals surface area (Å²) in [6, 6.07) is 4.48. The molecule has 3 N–H and O–H groups in total. The predicted molar refractivity (Wildman–Crippen MR) is 77.9 cm³/mol. The second kappa shape index (κ2) is 4.55. The first kappa shape index (κ1) is 15.0. The van der Waals surface area contributed by atoms with E-state index in [1.54, 1.807) is 12.1 Å². The van der Waals surface area contributed by atoms with Crippen LogP contribution in [0.25, 0.3) is 0 Å². The number of carbonyl (C=O) groups excluding carboxylic acids is 1. The number of nitrogens with two attached hydrogens (primary N) is 1. The van der Waals surface area contributed by atoms with Gasteiger partial charge in [-0.05, 0) is 19.1 Å². The molecule has 20 heavy (non-hydrogen) atoms. The van der Waals surface area contributed by atoms with Gasteiger partial charge in [0.25, 0.3) is 5.91 Å². The van der Waals surface area contributed by atoms with Gasteiger partial charge in [-0.1, -0.05) is 39.3 Å². The van der Waals surface area contributed by atoms with Crippen LogP contribution in [0.5, 0.6) is 0 Å². The largest absolute Gasteiger partial charge is 0.348 e. The molecular weight excluding hydrogens is 255 g/mol. The average molecular weight is 278 g/mol. The lowest BCUT2D eigenvalue weighted by atomic mass is 9.48. The number of carbonyl (C=O) groups is 1. The molecule has 3 nitrogen and oxygen atoms in total. The smallest absolute Gasteiger partial charge is 0.254 e. The Hall–Kier alpha value is -1.42. The van der Waals surface area contributed by atoms with Crippen LogP contribution in [0.15, 0.2) is 18.2 Å². The molecule has 1 aliphatic rings. The molecule has 0 heterocycles. The second-order valence-corrected chi connectivity index (χ2v) is 7.01. The van der Waals surface area contributed by atoms with Crippen molar-refractivity contribution in [3.05, 3.63) is 35.1 Å². The highest BCUT2D eigenvalue weighted by Gasteiger charge is 2.60. The molecule has 4 heteroatoms. The molecule has 1 amide bonds. The summed E-state index contributed by atoms with van der Waals surface area (Å²) in [5, 5.41) is 2.95. The van der Waals surface area contributed by atoms with E-state index in [1.807, 2.05) is 34.6 Å². The van der Waals surface area contributed by atoms with E-state index in [9.17, 15) is 9.18 Å².